The molecule has 0 saturated heterocycles. The first-order chi connectivity index (χ1) is 9.56. The highest BCUT2D eigenvalue weighted by molar-refractivity contribution is 9.10. The van der Waals surface area contributed by atoms with Gasteiger partial charge in [0.1, 0.15) is 11.3 Å². The second-order valence-electron chi connectivity index (χ2n) is 4.76. The highest BCUT2D eigenvalue weighted by Crippen LogP contribution is 2.33. The molecule has 1 aromatic heterocycles. The highest BCUT2D eigenvalue weighted by atomic mass is 79.9. The lowest BCUT2D eigenvalue weighted by Crippen LogP contribution is -2.11. The van der Waals surface area contributed by atoms with Gasteiger partial charge >= 0.3 is 0 Å². The standard InChI is InChI=1S/C16H13BrClNO/c1-9-13-8-12(18)5-6-14(13)20-16(9)15(19)10-3-2-4-11(17)7-10/h2-8,15H,19H2,1H3. The van der Waals surface area contributed by atoms with Gasteiger partial charge in [-0.2, -0.15) is 0 Å². The Bertz CT molecular complexity index is 781. The number of benzene rings is 2. The molecule has 0 bridgehead atoms. The third-order valence-electron chi connectivity index (χ3n) is 3.43. The quantitative estimate of drug-likeness (QED) is 0.689. The van der Waals surface area contributed by atoms with E-state index in [1.54, 1.807) is 0 Å². The lowest BCUT2D eigenvalue weighted by molar-refractivity contribution is 0.521. The van der Waals surface area contributed by atoms with Gasteiger partial charge in [-0.15, -0.1) is 0 Å². The van der Waals surface area contributed by atoms with Crippen LogP contribution in [0.2, 0.25) is 5.02 Å². The third-order valence-corrected chi connectivity index (χ3v) is 4.15. The molecular formula is C16H13BrClNO. The zero-order valence-corrected chi connectivity index (χ0v) is 13.2. The van der Waals surface area contributed by atoms with Crippen molar-refractivity contribution >= 4 is 38.5 Å². The molecule has 2 N–H and O–H groups in total. The second-order valence-corrected chi connectivity index (χ2v) is 6.12. The number of halogens is 2. The van der Waals surface area contributed by atoms with Gasteiger partial charge in [-0.25, -0.2) is 0 Å². The molecule has 0 aliphatic heterocycles. The van der Waals surface area contributed by atoms with Crippen LogP contribution in [-0.4, -0.2) is 0 Å². The summed E-state index contributed by atoms with van der Waals surface area (Å²) < 4.78 is 6.91. The second kappa shape index (κ2) is 5.24. The van der Waals surface area contributed by atoms with Gasteiger partial charge in [0.25, 0.3) is 0 Å². The fourth-order valence-electron chi connectivity index (χ4n) is 2.36. The summed E-state index contributed by atoms with van der Waals surface area (Å²) in [4.78, 5) is 0. The fourth-order valence-corrected chi connectivity index (χ4v) is 2.95. The van der Waals surface area contributed by atoms with E-state index in [2.05, 4.69) is 15.9 Å². The van der Waals surface area contributed by atoms with Crippen LogP contribution in [-0.2, 0) is 0 Å². The summed E-state index contributed by atoms with van der Waals surface area (Å²) in [6, 6.07) is 13.3. The van der Waals surface area contributed by atoms with Gasteiger partial charge in [0, 0.05) is 20.4 Å². The van der Waals surface area contributed by atoms with E-state index in [1.807, 2.05) is 49.4 Å². The molecule has 102 valence electrons. The Morgan fingerprint density at radius 2 is 2.00 bits per heavy atom. The Balaban J connectivity index is 2.12. The van der Waals surface area contributed by atoms with E-state index in [-0.39, 0.29) is 6.04 Å². The van der Waals surface area contributed by atoms with Gasteiger partial charge in [-0.3, -0.25) is 0 Å². The van der Waals surface area contributed by atoms with Crippen molar-refractivity contribution in [1.82, 2.24) is 0 Å². The van der Waals surface area contributed by atoms with Crippen molar-refractivity contribution in [2.45, 2.75) is 13.0 Å². The molecule has 0 spiro atoms. The third kappa shape index (κ3) is 2.37. The van der Waals surface area contributed by atoms with Gasteiger partial charge in [0.15, 0.2) is 0 Å². The van der Waals surface area contributed by atoms with Crippen molar-refractivity contribution in [3.8, 4) is 0 Å². The Kier molecular flexibility index (Phi) is 3.59. The van der Waals surface area contributed by atoms with Crippen molar-refractivity contribution < 1.29 is 4.42 Å². The summed E-state index contributed by atoms with van der Waals surface area (Å²) >= 11 is 9.50. The van der Waals surface area contributed by atoms with Gasteiger partial charge in [0.2, 0.25) is 0 Å². The summed E-state index contributed by atoms with van der Waals surface area (Å²) in [6.45, 7) is 2.01. The predicted molar refractivity (Wildman–Crippen MR) is 86.1 cm³/mol. The Labute approximate surface area is 130 Å². The summed E-state index contributed by atoms with van der Waals surface area (Å²) in [6.07, 6.45) is 0. The molecular weight excluding hydrogens is 338 g/mol. The first kappa shape index (κ1) is 13.7. The normalized spacial score (nSPS) is 12.8. The highest BCUT2D eigenvalue weighted by Gasteiger charge is 2.19. The van der Waals surface area contributed by atoms with E-state index in [0.29, 0.717) is 5.02 Å². The molecule has 0 aliphatic carbocycles. The number of hydrogen-bond acceptors (Lipinski definition) is 2. The van der Waals surface area contributed by atoms with Crippen molar-refractivity contribution in [3.63, 3.8) is 0 Å². The van der Waals surface area contributed by atoms with Crippen LogP contribution >= 0.6 is 27.5 Å². The van der Waals surface area contributed by atoms with Crippen molar-refractivity contribution in [1.29, 1.82) is 0 Å². The van der Waals surface area contributed by atoms with E-state index in [9.17, 15) is 0 Å². The maximum absolute atomic E-state index is 6.34. The van der Waals surface area contributed by atoms with E-state index in [1.165, 1.54) is 0 Å². The number of furan rings is 1. The van der Waals surface area contributed by atoms with Crippen molar-refractivity contribution in [2.75, 3.05) is 0 Å². The Morgan fingerprint density at radius 3 is 2.75 bits per heavy atom. The van der Waals surface area contributed by atoms with Gasteiger partial charge in [-0.1, -0.05) is 39.7 Å². The van der Waals surface area contributed by atoms with Crippen molar-refractivity contribution in [3.05, 3.63) is 68.8 Å². The molecule has 1 heterocycles. The molecule has 2 aromatic carbocycles. The number of rotatable bonds is 2. The Morgan fingerprint density at radius 1 is 1.20 bits per heavy atom. The summed E-state index contributed by atoms with van der Waals surface area (Å²) in [5, 5.41) is 1.71. The van der Waals surface area contributed by atoms with E-state index in [4.69, 9.17) is 21.8 Å². The molecule has 0 saturated carbocycles. The van der Waals surface area contributed by atoms with Crippen LogP contribution in [0, 0.1) is 6.92 Å². The van der Waals surface area contributed by atoms with Gasteiger partial charge in [-0.05, 0) is 42.8 Å². The number of aryl methyl sites for hydroxylation is 1. The predicted octanol–water partition coefficient (Wildman–Crippen LogP) is 5.21. The lowest BCUT2D eigenvalue weighted by atomic mass is 10.0. The van der Waals surface area contributed by atoms with Crippen LogP contribution in [0.15, 0.2) is 51.4 Å². The molecule has 2 nitrogen and oxygen atoms in total. The van der Waals surface area contributed by atoms with E-state index >= 15 is 0 Å². The average molecular weight is 351 g/mol. The smallest absolute Gasteiger partial charge is 0.134 e. The van der Waals surface area contributed by atoms with Crippen LogP contribution in [0.1, 0.15) is 22.9 Å². The van der Waals surface area contributed by atoms with E-state index < -0.39 is 0 Å². The number of hydrogen-bond donors (Lipinski definition) is 1. The van der Waals surface area contributed by atoms with E-state index in [0.717, 1.165) is 32.3 Å². The number of fused-ring (bicyclic) bond motifs is 1. The minimum Gasteiger partial charge on any atom is -0.459 e. The van der Waals surface area contributed by atoms with Crippen LogP contribution in [0.5, 0.6) is 0 Å². The van der Waals surface area contributed by atoms with Crippen LogP contribution in [0.25, 0.3) is 11.0 Å². The van der Waals surface area contributed by atoms with Crippen molar-refractivity contribution in [2.24, 2.45) is 5.73 Å². The molecule has 1 unspecified atom stereocenters. The molecule has 20 heavy (non-hydrogen) atoms. The van der Waals surface area contributed by atoms with Crippen LogP contribution < -0.4 is 5.73 Å². The molecule has 4 heteroatoms. The molecule has 0 fully saturated rings. The average Bonchev–Trinajstić information content (AvgIpc) is 2.75. The fraction of sp³-hybridized carbons (Fsp3) is 0.125. The zero-order valence-electron chi connectivity index (χ0n) is 10.9. The Hall–Kier alpha value is -1.29. The van der Waals surface area contributed by atoms with Gasteiger partial charge in [0.05, 0.1) is 6.04 Å². The maximum Gasteiger partial charge on any atom is 0.134 e. The maximum atomic E-state index is 6.34. The summed E-state index contributed by atoms with van der Waals surface area (Å²) in [7, 11) is 0. The largest absolute Gasteiger partial charge is 0.459 e. The molecule has 3 aromatic rings. The molecule has 3 rings (SSSR count). The van der Waals surface area contributed by atoms with Crippen LogP contribution in [0.4, 0.5) is 0 Å². The lowest BCUT2D eigenvalue weighted by Gasteiger charge is -2.10. The molecule has 0 aliphatic rings. The van der Waals surface area contributed by atoms with Gasteiger partial charge < -0.3 is 10.2 Å². The summed E-state index contributed by atoms with van der Waals surface area (Å²) in [5.41, 5.74) is 9.20. The molecule has 1 atom stereocenters. The minimum atomic E-state index is -0.293. The summed E-state index contributed by atoms with van der Waals surface area (Å²) in [5.74, 6) is 0.778. The monoisotopic (exact) mass is 349 g/mol. The zero-order chi connectivity index (χ0) is 14.3. The molecule has 0 radical (unpaired) electrons. The number of nitrogens with two attached hydrogens (primary N) is 1. The first-order valence-electron chi connectivity index (χ1n) is 6.26. The topological polar surface area (TPSA) is 39.2 Å². The van der Waals surface area contributed by atoms with Crippen LogP contribution in [0.3, 0.4) is 0 Å². The first-order valence-corrected chi connectivity index (χ1v) is 7.43. The SMILES string of the molecule is Cc1c(C(N)c2cccc(Br)c2)oc2ccc(Cl)cc12. The molecule has 0 amide bonds. The minimum absolute atomic E-state index is 0.293.